The molecule has 1 aromatic rings. The highest BCUT2D eigenvalue weighted by Crippen LogP contribution is 2.32. The largest absolute Gasteiger partial charge is 0.573 e. The first-order valence-corrected chi connectivity index (χ1v) is 6.57. The molecule has 1 aliphatic rings. The number of alkyl halides is 5. The number of likely N-dealkylation sites (tertiary alicyclic amines) is 1. The van der Waals surface area contributed by atoms with Crippen molar-refractivity contribution in [1.82, 2.24) is 9.88 Å². The molecule has 1 atom stereocenters. The van der Waals surface area contributed by atoms with Crippen molar-refractivity contribution in [2.75, 3.05) is 13.1 Å². The summed E-state index contributed by atoms with van der Waals surface area (Å²) >= 11 is 0. The van der Waals surface area contributed by atoms with Crippen LogP contribution in [0.4, 0.5) is 22.0 Å². The lowest BCUT2D eigenvalue weighted by Crippen LogP contribution is -2.36. The van der Waals surface area contributed by atoms with Crippen molar-refractivity contribution >= 4 is 0 Å². The molecule has 124 valence electrons. The van der Waals surface area contributed by atoms with Gasteiger partial charge in [0.2, 0.25) is 5.88 Å². The molecule has 1 aromatic heterocycles. The Bertz CT molecular complexity index is 504. The molecule has 0 bridgehead atoms. The van der Waals surface area contributed by atoms with Gasteiger partial charge >= 0.3 is 6.36 Å². The van der Waals surface area contributed by atoms with Crippen LogP contribution in [-0.2, 0) is 0 Å². The van der Waals surface area contributed by atoms with Crippen molar-refractivity contribution in [1.29, 1.82) is 0 Å². The summed E-state index contributed by atoms with van der Waals surface area (Å²) in [6.07, 6.45) is -5.45. The first kappa shape index (κ1) is 16.7. The van der Waals surface area contributed by atoms with Gasteiger partial charge in [-0.3, -0.25) is 4.90 Å². The van der Waals surface area contributed by atoms with Crippen molar-refractivity contribution in [3.8, 4) is 11.6 Å². The molecule has 1 saturated heterocycles. The number of halogens is 5. The lowest BCUT2D eigenvalue weighted by Gasteiger charge is -2.19. The number of nitrogens with zero attached hydrogens (tertiary/aromatic N) is 2. The van der Waals surface area contributed by atoms with E-state index in [-0.39, 0.29) is 18.5 Å². The monoisotopic (exact) mass is 326 g/mol. The van der Waals surface area contributed by atoms with E-state index in [9.17, 15) is 22.0 Å². The highest BCUT2D eigenvalue weighted by molar-refractivity contribution is 5.23. The second-order valence-electron chi connectivity index (χ2n) is 5.27. The predicted molar refractivity (Wildman–Crippen MR) is 67.0 cm³/mol. The molecule has 0 saturated carbocycles. The van der Waals surface area contributed by atoms with Crippen molar-refractivity contribution in [3.05, 3.63) is 18.3 Å². The minimum absolute atomic E-state index is 0.0210. The van der Waals surface area contributed by atoms with Crippen LogP contribution < -0.4 is 9.47 Å². The standard InChI is InChI=1S/C13H15F5N2O2/c1-8(2)20-6-10(12(14,15)7-20)21-11-4-3-9(5-19-11)22-13(16,17)18/h3-5,8,10H,6-7H2,1-2H3/t10-/m1/s1. The van der Waals surface area contributed by atoms with E-state index in [4.69, 9.17) is 4.74 Å². The minimum Gasteiger partial charge on any atom is -0.466 e. The summed E-state index contributed by atoms with van der Waals surface area (Å²) in [5, 5.41) is 0. The summed E-state index contributed by atoms with van der Waals surface area (Å²) < 4.78 is 72.4. The molecule has 0 amide bonds. The van der Waals surface area contributed by atoms with E-state index in [0.717, 1.165) is 18.3 Å². The molecule has 1 fully saturated rings. The number of ether oxygens (including phenoxy) is 2. The summed E-state index contributed by atoms with van der Waals surface area (Å²) in [5.41, 5.74) is 0. The van der Waals surface area contributed by atoms with Crippen molar-refractivity contribution in [2.45, 2.75) is 38.3 Å². The highest BCUT2D eigenvalue weighted by Gasteiger charge is 2.50. The predicted octanol–water partition coefficient (Wildman–Crippen LogP) is 3.09. The zero-order valence-electron chi connectivity index (χ0n) is 11.9. The Labute approximate surface area is 123 Å². The molecule has 0 unspecified atom stereocenters. The van der Waals surface area contributed by atoms with E-state index in [1.54, 1.807) is 18.7 Å². The van der Waals surface area contributed by atoms with E-state index in [1.807, 2.05) is 0 Å². The van der Waals surface area contributed by atoms with Crippen LogP contribution in [0.15, 0.2) is 18.3 Å². The Morgan fingerprint density at radius 3 is 2.45 bits per heavy atom. The van der Waals surface area contributed by atoms with Crippen LogP contribution >= 0.6 is 0 Å². The summed E-state index contributed by atoms with van der Waals surface area (Å²) in [6, 6.07) is 1.97. The Hall–Kier alpha value is -1.64. The van der Waals surface area contributed by atoms with Gasteiger partial charge in [0, 0.05) is 18.7 Å². The van der Waals surface area contributed by atoms with Gasteiger partial charge in [-0.05, 0) is 19.9 Å². The summed E-state index contributed by atoms with van der Waals surface area (Å²) in [5.74, 6) is -3.76. The quantitative estimate of drug-likeness (QED) is 0.797. The van der Waals surface area contributed by atoms with Gasteiger partial charge in [0.15, 0.2) is 6.10 Å². The van der Waals surface area contributed by atoms with Crippen LogP contribution in [0, 0.1) is 0 Å². The fourth-order valence-corrected chi connectivity index (χ4v) is 2.08. The Balaban J connectivity index is 2.02. The molecule has 2 rings (SSSR count). The maximum Gasteiger partial charge on any atom is 0.573 e. The molecule has 0 aliphatic carbocycles. The fraction of sp³-hybridized carbons (Fsp3) is 0.615. The number of hydrogen-bond acceptors (Lipinski definition) is 4. The van der Waals surface area contributed by atoms with Gasteiger partial charge in [0.1, 0.15) is 5.75 Å². The van der Waals surface area contributed by atoms with E-state index in [0.29, 0.717) is 0 Å². The zero-order chi connectivity index (χ0) is 16.5. The summed E-state index contributed by atoms with van der Waals surface area (Å²) in [4.78, 5) is 5.12. The van der Waals surface area contributed by atoms with Crippen LogP contribution in [0.1, 0.15) is 13.8 Å². The number of pyridine rings is 1. The van der Waals surface area contributed by atoms with Crippen LogP contribution in [-0.4, -0.2) is 47.4 Å². The topological polar surface area (TPSA) is 34.6 Å². The van der Waals surface area contributed by atoms with Gasteiger partial charge in [-0.2, -0.15) is 0 Å². The maximum absolute atomic E-state index is 13.8. The minimum atomic E-state index is -4.83. The third-order valence-corrected chi connectivity index (χ3v) is 3.22. The highest BCUT2D eigenvalue weighted by atomic mass is 19.4. The van der Waals surface area contributed by atoms with Crippen LogP contribution in [0.25, 0.3) is 0 Å². The molecule has 9 heteroatoms. The van der Waals surface area contributed by atoms with Gasteiger partial charge in [0.05, 0.1) is 12.7 Å². The smallest absolute Gasteiger partial charge is 0.466 e. The Kier molecular flexibility index (Phi) is 4.46. The molecule has 4 nitrogen and oxygen atoms in total. The van der Waals surface area contributed by atoms with E-state index in [2.05, 4.69) is 9.72 Å². The number of hydrogen-bond donors (Lipinski definition) is 0. The SMILES string of the molecule is CC(C)N1C[C@@H](Oc2ccc(OC(F)(F)F)cn2)C(F)(F)C1. The molecule has 0 aromatic carbocycles. The van der Waals surface area contributed by atoms with Crippen LogP contribution in [0.5, 0.6) is 11.6 Å². The summed E-state index contributed by atoms with van der Waals surface area (Å²) in [6.45, 7) is 3.18. The first-order valence-electron chi connectivity index (χ1n) is 6.57. The van der Waals surface area contributed by atoms with Crippen molar-refractivity contribution in [3.63, 3.8) is 0 Å². The molecular formula is C13H15F5N2O2. The lowest BCUT2D eigenvalue weighted by molar-refractivity contribution is -0.274. The van der Waals surface area contributed by atoms with Gasteiger partial charge in [-0.15, -0.1) is 13.2 Å². The average molecular weight is 326 g/mol. The molecule has 22 heavy (non-hydrogen) atoms. The fourth-order valence-electron chi connectivity index (χ4n) is 2.08. The lowest BCUT2D eigenvalue weighted by atomic mass is 10.2. The number of aromatic nitrogens is 1. The first-order chi connectivity index (χ1) is 10.1. The number of rotatable bonds is 4. The average Bonchev–Trinajstić information content (AvgIpc) is 2.66. The molecular weight excluding hydrogens is 311 g/mol. The van der Waals surface area contributed by atoms with Crippen LogP contribution in [0.3, 0.4) is 0 Å². The van der Waals surface area contributed by atoms with Gasteiger partial charge < -0.3 is 9.47 Å². The molecule has 0 N–H and O–H groups in total. The second kappa shape index (κ2) is 5.86. The van der Waals surface area contributed by atoms with Crippen molar-refractivity contribution < 1.29 is 31.4 Å². The zero-order valence-corrected chi connectivity index (χ0v) is 11.9. The van der Waals surface area contributed by atoms with Gasteiger partial charge in [-0.1, -0.05) is 0 Å². The molecule has 0 radical (unpaired) electrons. The van der Waals surface area contributed by atoms with E-state index < -0.39 is 30.7 Å². The molecule has 1 aliphatic heterocycles. The van der Waals surface area contributed by atoms with Crippen molar-refractivity contribution in [2.24, 2.45) is 0 Å². The summed E-state index contributed by atoms with van der Waals surface area (Å²) in [7, 11) is 0. The third-order valence-electron chi connectivity index (χ3n) is 3.22. The third kappa shape index (κ3) is 4.19. The maximum atomic E-state index is 13.8. The van der Waals surface area contributed by atoms with Gasteiger partial charge in [-0.25, -0.2) is 13.8 Å². The Morgan fingerprint density at radius 1 is 1.32 bits per heavy atom. The Morgan fingerprint density at radius 2 is 2.00 bits per heavy atom. The van der Waals surface area contributed by atoms with Crippen LogP contribution in [0.2, 0.25) is 0 Å². The van der Waals surface area contributed by atoms with Gasteiger partial charge in [0.25, 0.3) is 5.92 Å². The molecule has 0 spiro atoms. The van der Waals surface area contributed by atoms with E-state index >= 15 is 0 Å². The second-order valence-corrected chi connectivity index (χ2v) is 5.27. The molecule has 2 heterocycles. The van der Waals surface area contributed by atoms with E-state index in [1.165, 1.54) is 0 Å². The normalized spacial score (nSPS) is 22.1.